The number of aryl methyl sites for hydroxylation is 1. The number of aromatic nitrogens is 2. The van der Waals surface area contributed by atoms with E-state index in [9.17, 15) is 4.79 Å². The molecule has 1 aliphatic carbocycles. The minimum absolute atomic E-state index is 0.226. The van der Waals surface area contributed by atoms with Crippen molar-refractivity contribution in [1.29, 1.82) is 0 Å². The lowest BCUT2D eigenvalue weighted by Gasteiger charge is -2.23. The molecule has 0 aliphatic heterocycles. The molecule has 0 bridgehead atoms. The Hall–Kier alpha value is -2.23. The summed E-state index contributed by atoms with van der Waals surface area (Å²) in [4.78, 5) is 20.7. The van der Waals surface area contributed by atoms with Crippen molar-refractivity contribution in [2.45, 2.75) is 58.8 Å². The van der Waals surface area contributed by atoms with Crippen LogP contribution < -0.4 is 4.74 Å². The zero-order valence-corrected chi connectivity index (χ0v) is 15.1. The smallest absolute Gasteiger partial charge is 0.310 e. The quantitative estimate of drug-likeness (QED) is 0.563. The zero-order valence-electron chi connectivity index (χ0n) is 15.1. The molecule has 1 atom stereocenters. The van der Waals surface area contributed by atoms with Gasteiger partial charge in [-0.1, -0.05) is 33.1 Å². The van der Waals surface area contributed by atoms with Gasteiger partial charge in [0.25, 0.3) is 0 Å². The highest BCUT2D eigenvalue weighted by atomic mass is 16.5. The lowest BCUT2D eigenvalue weighted by molar-refractivity contribution is -0.134. The molecule has 2 aromatic rings. The normalized spacial score (nSPS) is 16.3. The topological polar surface area (TPSA) is 52.1 Å². The number of unbranched alkanes of at least 4 members (excludes halogenated alkanes) is 1. The average Bonchev–Trinajstić information content (AvgIpc) is 2.66. The van der Waals surface area contributed by atoms with Crippen molar-refractivity contribution >= 4 is 5.97 Å². The summed E-state index contributed by atoms with van der Waals surface area (Å²) in [6.07, 6.45) is 9.66. The summed E-state index contributed by atoms with van der Waals surface area (Å²) in [5.41, 5.74) is 3.45. The molecule has 0 N–H and O–H groups in total. The monoisotopic (exact) mass is 338 g/mol. The number of carbonyl (C=O) groups excluding carboxylic acids is 1. The minimum Gasteiger partial charge on any atom is -0.427 e. The van der Waals surface area contributed by atoms with Crippen molar-refractivity contribution < 1.29 is 9.53 Å². The van der Waals surface area contributed by atoms with E-state index in [4.69, 9.17) is 9.72 Å². The number of carbonyl (C=O) groups is 1. The highest BCUT2D eigenvalue weighted by Crippen LogP contribution is 2.29. The summed E-state index contributed by atoms with van der Waals surface area (Å²) in [5.74, 6) is 1.87. The number of esters is 1. The van der Waals surface area contributed by atoms with Gasteiger partial charge in [0.1, 0.15) is 5.75 Å². The fraction of sp³-hybridized carbons (Fsp3) is 0.476. The van der Waals surface area contributed by atoms with Gasteiger partial charge in [-0.25, -0.2) is 9.97 Å². The second kappa shape index (κ2) is 8.24. The maximum Gasteiger partial charge on any atom is 0.310 e. The molecule has 1 aromatic heterocycles. The molecular formula is C21H26N2O2. The summed E-state index contributed by atoms with van der Waals surface area (Å²) in [6, 6.07) is 7.42. The molecule has 0 amide bonds. The summed E-state index contributed by atoms with van der Waals surface area (Å²) >= 11 is 0. The van der Waals surface area contributed by atoms with Gasteiger partial charge in [0.15, 0.2) is 5.82 Å². The molecule has 4 heteroatoms. The molecular weight excluding hydrogens is 312 g/mol. The first-order valence-corrected chi connectivity index (χ1v) is 9.35. The molecule has 3 rings (SSSR count). The Morgan fingerprint density at radius 3 is 2.76 bits per heavy atom. The number of fused-ring (bicyclic) bond motifs is 1. The molecule has 1 heterocycles. The Kier molecular flexibility index (Phi) is 5.79. The lowest BCUT2D eigenvalue weighted by Crippen LogP contribution is -2.16. The van der Waals surface area contributed by atoms with Crippen LogP contribution in [0, 0.1) is 5.92 Å². The van der Waals surface area contributed by atoms with Gasteiger partial charge in [-0.05, 0) is 55.0 Å². The highest BCUT2D eigenvalue weighted by Gasteiger charge is 2.20. The first-order valence-electron chi connectivity index (χ1n) is 9.35. The maximum absolute atomic E-state index is 11.3. The molecule has 0 saturated carbocycles. The van der Waals surface area contributed by atoms with E-state index in [0.717, 1.165) is 30.1 Å². The van der Waals surface area contributed by atoms with Crippen LogP contribution in [0.25, 0.3) is 11.4 Å². The predicted molar refractivity (Wildman–Crippen MR) is 98.4 cm³/mol. The van der Waals surface area contributed by atoms with Crippen molar-refractivity contribution in [2.24, 2.45) is 5.92 Å². The van der Waals surface area contributed by atoms with E-state index in [1.165, 1.54) is 36.9 Å². The third kappa shape index (κ3) is 4.44. The second-order valence-electron chi connectivity index (χ2n) is 6.77. The fourth-order valence-corrected chi connectivity index (χ4v) is 3.34. The Balaban J connectivity index is 1.71. The molecule has 0 spiro atoms. The number of rotatable bonds is 6. The van der Waals surface area contributed by atoms with E-state index in [1.54, 1.807) is 19.1 Å². The maximum atomic E-state index is 11.3. The number of nitrogens with zero attached hydrogens (tertiary/aromatic N) is 2. The Morgan fingerprint density at radius 2 is 2.04 bits per heavy atom. The van der Waals surface area contributed by atoms with Gasteiger partial charge in [-0.3, -0.25) is 4.79 Å². The van der Waals surface area contributed by atoms with Gasteiger partial charge in [-0.2, -0.15) is 0 Å². The Morgan fingerprint density at radius 1 is 1.24 bits per heavy atom. The van der Waals surface area contributed by atoms with Crippen LogP contribution in [-0.4, -0.2) is 15.9 Å². The Bertz CT molecular complexity index is 725. The van der Waals surface area contributed by atoms with Crippen LogP contribution >= 0.6 is 0 Å². The first-order chi connectivity index (χ1) is 12.2. The molecule has 1 aliphatic rings. The molecule has 0 radical (unpaired) electrons. The number of benzene rings is 1. The van der Waals surface area contributed by atoms with Gasteiger partial charge < -0.3 is 4.74 Å². The van der Waals surface area contributed by atoms with E-state index in [1.807, 2.05) is 18.3 Å². The fourth-order valence-electron chi connectivity index (χ4n) is 3.34. The van der Waals surface area contributed by atoms with Gasteiger partial charge >= 0.3 is 5.97 Å². The van der Waals surface area contributed by atoms with Gasteiger partial charge in [0.05, 0.1) is 0 Å². The minimum atomic E-state index is -0.226. The molecule has 1 unspecified atom stereocenters. The third-order valence-electron chi connectivity index (χ3n) is 4.85. The van der Waals surface area contributed by atoms with E-state index in [-0.39, 0.29) is 5.97 Å². The summed E-state index contributed by atoms with van der Waals surface area (Å²) < 4.78 is 5.21. The Labute approximate surface area is 149 Å². The highest BCUT2D eigenvalue weighted by molar-refractivity contribution is 5.72. The molecule has 25 heavy (non-hydrogen) atoms. The second-order valence-corrected chi connectivity index (χ2v) is 6.77. The number of hydrogen-bond acceptors (Lipinski definition) is 4. The number of ether oxygens (including phenoxy) is 1. The van der Waals surface area contributed by atoms with Crippen LogP contribution in [-0.2, 0) is 17.6 Å². The third-order valence-corrected chi connectivity index (χ3v) is 4.85. The molecule has 4 nitrogen and oxygen atoms in total. The van der Waals surface area contributed by atoms with Crippen LogP contribution in [0.2, 0.25) is 0 Å². The van der Waals surface area contributed by atoms with Crippen LogP contribution in [0.4, 0.5) is 0 Å². The van der Waals surface area contributed by atoms with E-state index in [0.29, 0.717) is 12.2 Å². The molecule has 1 aromatic carbocycles. The van der Waals surface area contributed by atoms with Crippen molar-refractivity contribution in [3.63, 3.8) is 0 Å². The van der Waals surface area contributed by atoms with E-state index >= 15 is 0 Å². The van der Waals surface area contributed by atoms with Crippen LogP contribution in [0.1, 0.15) is 57.2 Å². The predicted octanol–water partition coefficient (Wildman–Crippen LogP) is 4.75. The summed E-state index contributed by atoms with van der Waals surface area (Å²) in [5, 5.41) is 0. The standard InChI is InChI=1S/C21H26N2O2/c1-3-5-6-15-7-12-19-17(13-15)14-22-21(23-19)16-8-10-18(11-9-16)25-20(24)4-2/h8-11,14-15H,3-7,12-13H2,1-2H3. The van der Waals surface area contributed by atoms with Gasteiger partial charge in [0, 0.05) is 23.9 Å². The van der Waals surface area contributed by atoms with Gasteiger partial charge in [0.2, 0.25) is 0 Å². The SMILES string of the molecule is CCCCC1CCc2nc(-c3ccc(OC(=O)CC)cc3)ncc2C1. The van der Waals surface area contributed by atoms with Crippen LogP contribution in [0.5, 0.6) is 5.75 Å². The molecule has 0 saturated heterocycles. The van der Waals surface area contributed by atoms with Crippen LogP contribution in [0.15, 0.2) is 30.5 Å². The average molecular weight is 338 g/mol. The summed E-state index contributed by atoms with van der Waals surface area (Å²) in [7, 11) is 0. The van der Waals surface area contributed by atoms with Crippen LogP contribution in [0.3, 0.4) is 0 Å². The van der Waals surface area contributed by atoms with Crippen molar-refractivity contribution in [2.75, 3.05) is 0 Å². The summed E-state index contributed by atoms with van der Waals surface area (Å²) in [6.45, 7) is 4.03. The first kappa shape index (κ1) is 17.6. The van der Waals surface area contributed by atoms with Crippen molar-refractivity contribution in [3.05, 3.63) is 41.7 Å². The van der Waals surface area contributed by atoms with E-state index in [2.05, 4.69) is 11.9 Å². The lowest BCUT2D eigenvalue weighted by atomic mass is 9.84. The van der Waals surface area contributed by atoms with Crippen molar-refractivity contribution in [1.82, 2.24) is 9.97 Å². The zero-order chi connectivity index (χ0) is 17.6. The van der Waals surface area contributed by atoms with Crippen molar-refractivity contribution in [3.8, 4) is 17.1 Å². The molecule has 132 valence electrons. The van der Waals surface area contributed by atoms with Gasteiger partial charge in [-0.15, -0.1) is 0 Å². The van der Waals surface area contributed by atoms with E-state index < -0.39 is 0 Å². The largest absolute Gasteiger partial charge is 0.427 e. The number of hydrogen-bond donors (Lipinski definition) is 0. The molecule has 0 fully saturated rings.